The van der Waals surface area contributed by atoms with Crippen molar-refractivity contribution < 1.29 is 22.6 Å². The fraction of sp³-hybridized carbons (Fsp3) is 0.533. The summed E-state index contributed by atoms with van der Waals surface area (Å²) in [7, 11) is 0. The third-order valence-electron chi connectivity index (χ3n) is 3.91. The Hall–Kier alpha value is -2.56. The van der Waals surface area contributed by atoms with E-state index in [9.17, 15) is 13.2 Å². The Morgan fingerprint density at radius 3 is 2.85 bits per heavy atom. The Morgan fingerprint density at radius 1 is 1.31 bits per heavy atom. The lowest BCUT2D eigenvalue weighted by molar-refractivity contribution is -0.0528. The molecule has 2 atom stereocenters. The molecule has 11 heteroatoms. The SMILES string of the molecule is CC1(C)CNC[C@H](F)[C@@H]1Oc1cncc(Nc2cc(OC(F)F)n[nH]2)n1. The molecule has 1 aliphatic rings. The Balaban J connectivity index is 1.69. The molecule has 0 aromatic carbocycles. The molecule has 0 unspecified atom stereocenters. The third-order valence-corrected chi connectivity index (χ3v) is 3.91. The van der Waals surface area contributed by atoms with E-state index < -0.39 is 24.3 Å². The minimum Gasteiger partial charge on any atom is -0.469 e. The van der Waals surface area contributed by atoms with E-state index in [1.54, 1.807) is 0 Å². The van der Waals surface area contributed by atoms with Crippen molar-refractivity contribution in [1.82, 2.24) is 25.5 Å². The highest BCUT2D eigenvalue weighted by molar-refractivity contribution is 5.52. The molecule has 1 fully saturated rings. The van der Waals surface area contributed by atoms with Gasteiger partial charge in [-0.2, -0.15) is 13.8 Å². The summed E-state index contributed by atoms with van der Waals surface area (Å²) in [5, 5.41) is 11.9. The van der Waals surface area contributed by atoms with Gasteiger partial charge in [0.05, 0.1) is 12.4 Å². The van der Waals surface area contributed by atoms with Crippen LogP contribution in [0.3, 0.4) is 0 Å². The van der Waals surface area contributed by atoms with E-state index in [-0.39, 0.29) is 29.9 Å². The first-order chi connectivity index (χ1) is 12.3. The van der Waals surface area contributed by atoms with Crippen molar-refractivity contribution in [2.24, 2.45) is 5.41 Å². The van der Waals surface area contributed by atoms with Gasteiger partial charge in [0.15, 0.2) is 5.82 Å². The Bertz CT molecular complexity index is 742. The number of ether oxygens (including phenoxy) is 2. The lowest BCUT2D eigenvalue weighted by atomic mass is 9.81. The zero-order valence-corrected chi connectivity index (χ0v) is 14.2. The number of aromatic nitrogens is 4. The van der Waals surface area contributed by atoms with Crippen LogP contribution < -0.4 is 20.1 Å². The predicted molar refractivity (Wildman–Crippen MR) is 86.5 cm³/mol. The lowest BCUT2D eigenvalue weighted by Gasteiger charge is -2.40. The predicted octanol–water partition coefficient (Wildman–Crippen LogP) is 2.26. The molecule has 0 aliphatic carbocycles. The molecule has 26 heavy (non-hydrogen) atoms. The van der Waals surface area contributed by atoms with Gasteiger partial charge in [-0.05, 0) is 0 Å². The fourth-order valence-electron chi connectivity index (χ4n) is 2.71. The van der Waals surface area contributed by atoms with Gasteiger partial charge < -0.3 is 20.1 Å². The van der Waals surface area contributed by atoms with Crippen molar-refractivity contribution >= 4 is 11.6 Å². The van der Waals surface area contributed by atoms with E-state index in [4.69, 9.17) is 4.74 Å². The lowest BCUT2D eigenvalue weighted by Crippen LogP contribution is -2.56. The summed E-state index contributed by atoms with van der Waals surface area (Å²) in [4.78, 5) is 8.21. The summed E-state index contributed by atoms with van der Waals surface area (Å²) in [5.41, 5.74) is -0.423. The topological polar surface area (TPSA) is 97.0 Å². The van der Waals surface area contributed by atoms with Gasteiger partial charge in [-0.1, -0.05) is 13.8 Å². The van der Waals surface area contributed by atoms with Crippen molar-refractivity contribution in [2.45, 2.75) is 32.7 Å². The minimum absolute atomic E-state index is 0.154. The largest absolute Gasteiger partial charge is 0.469 e. The molecule has 0 saturated carbocycles. The van der Waals surface area contributed by atoms with Gasteiger partial charge in [0.1, 0.15) is 18.1 Å². The fourth-order valence-corrected chi connectivity index (χ4v) is 2.71. The molecule has 0 amide bonds. The number of H-pyrrole nitrogens is 1. The van der Waals surface area contributed by atoms with Gasteiger partial charge in [0, 0.05) is 24.6 Å². The highest BCUT2D eigenvalue weighted by Gasteiger charge is 2.41. The molecule has 0 spiro atoms. The number of aromatic amines is 1. The average Bonchev–Trinajstić information content (AvgIpc) is 2.97. The van der Waals surface area contributed by atoms with E-state index in [2.05, 4.69) is 35.5 Å². The zero-order chi connectivity index (χ0) is 18.7. The van der Waals surface area contributed by atoms with Crippen LogP contribution >= 0.6 is 0 Å². The molecule has 142 valence electrons. The van der Waals surface area contributed by atoms with Crippen LogP contribution in [-0.2, 0) is 0 Å². The quantitative estimate of drug-likeness (QED) is 0.716. The van der Waals surface area contributed by atoms with Crippen LogP contribution in [0.2, 0.25) is 0 Å². The maximum Gasteiger partial charge on any atom is 0.388 e. The Labute approximate surface area is 147 Å². The molecule has 3 N–H and O–H groups in total. The van der Waals surface area contributed by atoms with E-state index in [0.717, 1.165) is 0 Å². The third kappa shape index (κ3) is 4.34. The Morgan fingerprint density at radius 2 is 2.12 bits per heavy atom. The van der Waals surface area contributed by atoms with Gasteiger partial charge in [0.25, 0.3) is 0 Å². The summed E-state index contributed by atoms with van der Waals surface area (Å²) in [6.45, 7) is 1.66. The second-order valence-electron chi connectivity index (χ2n) is 6.54. The van der Waals surface area contributed by atoms with Crippen molar-refractivity contribution in [3.05, 3.63) is 18.5 Å². The summed E-state index contributed by atoms with van der Waals surface area (Å²) < 4.78 is 48.5. The first kappa shape index (κ1) is 18.2. The first-order valence-corrected chi connectivity index (χ1v) is 7.94. The summed E-state index contributed by atoms with van der Waals surface area (Å²) >= 11 is 0. The van der Waals surface area contributed by atoms with E-state index in [0.29, 0.717) is 6.54 Å². The van der Waals surface area contributed by atoms with Crippen molar-refractivity contribution in [3.8, 4) is 11.8 Å². The monoisotopic (exact) mass is 372 g/mol. The molecule has 3 rings (SSSR count). The number of rotatable bonds is 6. The van der Waals surface area contributed by atoms with Gasteiger partial charge in [0.2, 0.25) is 11.8 Å². The number of piperidine rings is 1. The van der Waals surface area contributed by atoms with Gasteiger partial charge >= 0.3 is 6.61 Å². The van der Waals surface area contributed by atoms with E-state index in [1.807, 2.05) is 13.8 Å². The number of hydrogen-bond acceptors (Lipinski definition) is 7. The van der Waals surface area contributed by atoms with Crippen LogP contribution in [0.15, 0.2) is 18.5 Å². The van der Waals surface area contributed by atoms with Gasteiger partial charge in [-0.3, -0.25) is 10.1 Å². The highest BCUT2D eigenvalue weighted by Crippen LogP contribution is 2.31. The number of anilines is 2. The van der Waals surface area contributed by atoms with Crippen LogP contribution in [0, 0.1) is 5.41 Å². The smallest absolute Gasteiger partial charge is 0.388 e. The number of alkyl halides is 3. The molecule has 1 saturated heterocycles. The minimum atomic E-state index is -2.97. The number of nitrogens with zero attached hydrogens (tertiary/aromatic N) is 3. The van der Waals surface area contributed by atoms with Crippen molar-refractivity contribution in [1.29, 1.82) is 0 Å². The highest BCUT2D eigenvalue weighted by atomic mass is 19.3. The summed E-state index contributed by atoms with van der Waals surface area (Å²) in [6, 6.07) is 1.24. The standard InChI is InChI=1S/C15H19F3N6O2/c1-15(2)7-20-4-8(16)13(15)25-12-6-19-5-10(22-12)21-9-3-11(24-23-9)26-14(17)18/h3,5-6,8,13-14,20H,4,7H2,1-2H3,(H2,21,22,23,24)/t8-,13-/m0/s1. The summed E-state index contributed by atoms with van der Waals surface area (Å²) in [5.74, 6) is 0.440. The molecule has 2 aromatic rings. The molecule has 3 heterocycles. The number of halogens is 3. The van der Waals surface area contributed by atoms with Crippen LogP contribution in [0.25, 0.3) is 0 Å². The number of nitrogens with one attached hydrogen (secondary N) is 3. The average molecular weight is 372 g/mol. The second-order valence-corrected chi connectivity index (χ2v) is 6.54. The maximum atomic E-state index is 14.2. The normalized spacial score (nSPS) is 22.2. The Kier molecular flexibility index (Phi) is 5.16. The zero-order valence-electron chi connectivity index (χ0n) is 14.2. The van der Waals surface area contributed by atoms with Gasteiger partial charge in [-0.25, -0.2) is 4.39 Å². The van der Waals surface area contributed by atoms with Crippen molar-refractivity contribution in [3.63, 3.8) is 0 Å². The molecule has 8 nitrogen and oxygen atoms in total. The molecule has 0 radical (unpaired) electrons. The summed E-state index contributed by atoms with van der Waals surface area (Å²) in [6.07, 6.45) is 0.932. The first-order valence-electron chi connectivity index (χ1n) is 7.94. The molecule has 2 aromatic heterocycles. The van der Waals surface area contributed by atoms with Crippen LogP contribution in [0.4, 0.5) is 24.8 Å². The second kappa shape index (κ2) is 7.36. The molecule has 0 bridgehead atoms. The van der Waals surface area contributed by atoms with Crippen LogP contribution in [-0.4, -0.2) is 52.1 Å². The molecular weight excluding hydrogens is 353 g/mol. The van der Waals surface area contributed by atoms with Crippen LogP contribution in [0.1, 0.15) is 13.8 Å². The van der Waals surface area contributed by atoms with Crippen LogP contribution in [0.5, 0.6) is 11.8 Å². The maximum absolute atomic E-state index is 14.2. The van der Waals surface area contributed by atoms with Crippen molar-refractivity contribution in [2.75, 3.05) is 18.4 Å². The number of hydrogen-bond donors (Lipinski definition) is 3. The van der Waals surface area contributed by atoms with E-state index >= 15 is 0 Å². The van der Waals surface area contributed by atoms with E-state index in [1.165, 1.54) is 18.5 Å². The molecular formula is C15H19F3N6O2. The van der Waals surface area contributed by atoms with Gasteiger partial charge in [-0.15, -0.1) is 5.10 Å². The molecule has 1 aliphatic heterocycles.